The van der Waals surface area contributed by atoms with Gasteiger partial charge in [0.15, 0.2) is 0 Å². The SMILES string of the molecule is COC(=O)c1cn(Nc2ccc(OC)cc2)c(-c2ccccc2)c1C(=O)OC. The van der Waals surface area contributed by atoms with E-state index in [-0.39, 0.29) is 11.1 Å². The van der Waals surface area contributed by atoms with Crippen molar-refractivity contribution in [2.24, 2.45) is 0 Å². The van der Waals surface area contributed by atoms with Gasteiger partial charge in [-0.15, -0.1) is 0 Å². The van der Waals surface area contributed by atoms with Gasteiger partial charge < -0.3 is 14.2 Å². The number of hydrogen-bond donors (Lipinski definition) is 1. The van der Waals surface area contributed by atoms with Gasteiger partial charge in [0.2, 0.25) is 0 Å². The van der Waals surface area contributed by atoms with Crippen LogP contribution in [0, 0.1) is 0 Å². The second kappa shape index (κ2) is 8.30. The lowest BCUT2D eigenvalue weighted by atomic mass is 10.0. The lowest BCUT2D eigenvalue weighted by Gasteiger charge is -2.14. The number of nitrogens with zero attached hydrogens (tertiary/aromatic N) is 1. The van der Waals surface area contributed by atoms with E-state index in [1.165, 1.54) is 20.4 Å². The lowest BCUT2D eigenvalue weighted by Crippen LogP contribution is -2.12. The quantitative estimate of drug-likeness (QED) is 0.658. The van der Waals surface area contributed by atoms with Crippen LogP contribution in [0.1, 0.15) is 20.7 Å². The fourth-order valence-corrected chi connectivity index (χ4v) is 2.85. The molecule has 1 aromatic heterocycles. The molecule has 0 aliphatic rings. The number of nitrogens with one attached hydrogen (secondary N) is 1. The van der Waals surface area contributed by atoms with Crippen LogP contribution in [0.5, 0.6) is 5.75 Å². The second-order valence-electron chi connectivity index (χ2n) is 5.83. The van der Waals surface area contributed by atoms with Gasteiger partial charge >= 0.3 is 11.9 Å². The third-order valence-corrected chi connectivity index (χ3v) is 4.19. The van der Waals surface area contributed by atoms with Crippen molar-refractivity contribution >= 4 is 17.6 Å². The number of anilines is 1. The zero-order chi connectivity index (χ0) is 20.1. The molecule has 144 valence electrons. The molecule has 2 aromatic carbocycles. The third-order valence-electron chi connectivity index (χ3n) is 4.19. The van der Waals surface area contributed by atoms with Gasteiger partial charge in [-0.25, -0.2) is 9.59 Å². The smallest absolute Gasteiger partial charge is 0.341 e. The molecule has 1 heterocycles. The summed E-state index contributed by atoms with van der Waals surface area (Å²) in [4.78, 5) is 24.8. The van der Waals surface area contributed by atoms with Gasteiger partial charge in [-0.05, 0) is 24.3 Å². The van der Waals surface area contributed by atoms with Crippen LogP contribution in [-0.2, 0) is 9.47 Å². The van der Waals surface area contributed by atoms with Gasteiger partial charge in [-0.1, -0.05) is 30.3 Å². The normalized spacial score (nSPS) is 10.2. The average molecular weight is 380 g/mol. The first-order valence-electron chi connectivity index (χ1n) is 8.47. The molecule has 1 N–H and O–H groups in total. The Kier molecular flexibility index (Phi) is 5.64. The number of rotatable bonds is 6. The van der Waals surface area contributed by atoms with Crippen LogP contribution >= 0.6 is 0 Å². The van der Waals surface area contributed by atoms with Crippen molar-refractivity contribution in [1.82, 2.24) is 4.68 Å². The van der Waals surface area contributed by atoms with Crippen LogP contribution in [-0.4, -0.2) is 37.9 Å². The number of carbonyl (C=O) groups is 2. The van der Waals surface area contributed by atoms with Gasteiger partial charge in [-0.2, -0.15) is 0 Å². The van der Waals surface area contributed by atoms with E-state index in [2.05, 4.69) is 5.43 Å². The van der Waals surface area contributed by atoms with E-state index < -0.39 is 11.9 Å². The molecule has 0 amide bonds. The molecule has 0 fully saturated rings. The van der Waals surface area contributed by atoms with E-state index in [4.69, 9.17) is 14.2 Å². The first-order chi connectivity index (χ1) is 13.6. The summed E-state index contributed by atoms with van der Waals surface area (Å²) in [6.45, 7) is 0. The van der Waals surface area contributed by atoms with Crippen molar-refractivity contribution in [1.29, 1.82) is 0 Å². The Labute approximate surface area is 162 Å². The van der Waals surface area contributed by atoms with E-state index in [9.17, 15) is 9.59 Å². The molecule has 28 heavy (non-hydrogen) atoms. The van der Waals surface area contributed by atoms with Crippen molar-refractivity contribution in [2.75, 3.05) is 26.8 Å². The summed E-state index contributed by atoms with van der Waals surface area (Å²) < 4.78 is 16.6. The topological polar surface area (TPSA) is 78.8 Å². The predicted octanol–water partition coefficient (Wildman–Crippen LogP) is 3.61. The van der Waals surface area contributed by atoms with Crippen LogP contribution in [0.2, 0.25) is 0 Å². The van der Waals surface area contributed by atoms with E-state index in [1.54, 1.807) is 23.9 Å². The highest BCUT2D eigenvalue weighted by Gasteiger charge is 2.28. The molecule has 0 spiro atoms. The molecule has 0 aliphatic heterocycles. The van der Waals surface area contributed by atoms with E-state index in [0.29, 0.717) is 11.4 Å². The molecule has 0 unspecified atom stereocenters. The van der Waals surface area contributed by atoms with Crippen LogP contribution in [0.25, 0.3) is 11.3 Å². The van der Waals surface area contributed by atoms with Crippen molar-refractivity contribution < 1.29 is 23.8 Å². The molecule has 0 bridgehead atoms. The Morgan fingerprint density at radius 1 is 0.857 bits per heavy atom. The summed E-state index contributed by atoms with van der Waals surface area (Å²) in [6.07, 6.45) is 1.52. The maximum atomic E-state index is 12.5. The van der Waals surface area contributed by atoms with Gasteiger partial charge in [0.05, 0.1) is 38.3 Å². The lowest BCUT2D eigenvalue weighted by molar-refractivity contribution is 0.0557. The van der Waals surface area contributed by atoms with E-state index in [0.717, 1.165) is 11.3 Å². The molecule has 0 aliphatic carbocycles. The summed E-state index contributed by atoms with van der Waals surface area (Å²) in [5, 5.41) is 0. The summed E-state index contributed by atoms with van der Waals surface area (Å²) >= 11 is 0. The highest BCUT2D eigenvalue weighted by Crippen LogP contribution is 2.30. The molecule has 0 saturated heterocycles. The van der Waals surface area contributed by atoms with Crippen LogP contribution in [0.4, 0.5) is 5.69 Å². The third kappa shape index (κ3) is 3.68. The van der Waals surface area contributed by atoms with Gasteiger partial charge in [0, 0.05) is 11.8 Å². The Morgan fingerprint density at radius 2 is 1.50 bits per heavy atom. The monoisotopic (exact) mass is 380 g/mol. The first kappa shape index (κ1) is 19.0. The fourth-order valence-electron chi connectivity index (χ4n) is 2.85. The first-order valence-corrected chi connectivity index (χ1v) is 8.47. The summed E-state index contributed by atoms with van der Waals surface area (Å²) in [5.41, 5.74) is 5.38. The molecular formula is C21H20N2O5. The van der Waals surface area contributed by atoms with Gasteiger partial charge in [0.1, 0.15) is 11.3 Å². The molecule has 3 rings (SSSR count). The largest absolute Gasteiger partial charge is 0.497 e. The maximum Gasteiger partial charge on any atom is 0.341 e. The maximum absolute atomic E-state index is 12.5. The number of carbonyl (C=O) groups excluding carboxylic acids is 2. The average Bonchev–Trinajstić information content (AvgIpc) is 3.12. The summed E-state index contributed by atoms with van der Waals surface area (Å²) in [6, 6.07) is 16.5. The molecule has 0 radical (unpaired) electrons. The van der Waals surface area contributed by atoms with E-state index >= 15 is 0 Å². The number of ether oxygens (including phenoxy) is 3. The summed E-state index contributed by atoms with van der Waals surface area (Å²) in [7, 11) is 4.12. The predicted molar refractivity (Wildman–Crippen MR) is 105 cm³/mol. The molecule has 0 saturated carbocycles. The molecular weight excluding hydrogens is 360 g/mol. The van der Waals surface area contributed by atoms with Crippen molar-refractivity contribution in [3.63, 3.8) is 0 Å². The minimum absolute atomic E-state index is 0.106. The highest BCUT2D eigenvalue weighted by atomic mass is 16.5. The van der Waals surface area contributed by atoms with Gasteiger partial charge in [-0.3, -0.25) is 10.1 Å². The number of aromatic nitrogens is 1. The molecule has 3 aromatic rings. The minimum atomic E-state index is -0.632. The number of methoxy groups -OCH3 is 3. The van der Waals surface area contributed by atoms with Crippen LogP contribution < -0.4 is 10.2 Å². The number of esters is 2. The van der Waals surface area contributed by atoms with Crippen molar-refractivity contribution in [3.8, 4) is 17.0 Å². The Balaban J connectivity index is 2.18. The Hall–Kier alpha value is -3.74. The summed E-state index contributed by atoms with van der Waals surface area (Å²) in [5.74, 6) is -0.547. The molecule has 7 nitrogen and oxygen atoms in total. The molecule has 7 heteroatoms. The zero-order valence-electron chi connectivity index (χ0n) is 15.8. The molecule has 0 atom stereocenters. The van der Waals surface area contributed by atoms with Crippen molar-refractivity contribution in [3.05, 3.63) is 71.9 Å². The van der Waals surface area contributed by atoms with Crippen LogP contribution in [0.15, 0.2) is 60.8 Å². The fraction of sp³-hybridized carbons (Fsp3) is 0.143. The standard InChI is InChI=1S/C21H20N2O5/c1-26-16-11-9-15(10-12-16)22-23-13-17(20(24)27-2)18(21(25)28-3)19(23)14-7-5-4-6-8-14/h4-13,22H,1-3H3. The zero-order valence-corrected chi connectivity index (χ0v) is 15.8. The number of hydrogen-bond acceptors (Lipinski definition) is 6. The Morgan fingerprint density at radius 3 is 2.07 bits per heavy atom. The number of benzene rings is 2. The Bertz CT molecular complexity index is 978. The van der Waals surface area contributed by atoms with Crippen molar-refractivity contribution in [2.45, 2.75) is 0 Å². The minimum Gasteiger partial charge on any atom is -0.497 e. The second-order valence-corrected chi connectivity index (χ2v) is 5.83. The highest BCUT2D eigenvalue weighted by molar-refractivity contribution is 6.07. The van der Waals surface area contributed by atoms with Gasteiger partial charge in [0.25, 0.3) is 0 Å². The van der Waals surface area contributed by atoms with Crippen LogP contribution in [0.3, 0.4) is 0 Å². The van der Waals surface area contributed by atoms with E-state index in [1.807, 2.05) is 42.5 Å².